The third-order valence-electron chi connectivity index (χ3n) is 9.14. The molecular weight excluding hydrogens is 544 g/mol. The molecule has 2 N–H and O–H groups in total. The highest BCUT2D eigenvalue weighted by atomic mass is 16.5. The minimum Gasteiger partial charge on any atom is -0.509 e. The standard InChI is InChI=1S/C34H38N4O5/c1-17-18(2)25-14-26-21(5)22(9-10-31(39)42-7)28(37-26)15-29-33(41)34(6,12-11-32(40)43-8)30(38-29)16-27-20(4)19(3)24(36-27)13-23(17)35-25/h13-16,38,41H,9-12H2,1-8H3. The van der Waals surface area contributed by atoms with Crippen LogP contribution in [0.2, 0.25) is 0 Å². The summed E-state index contributed by atoms with van der Waals surface area (Å²) >= 11 is 0. The molecule has 0 fully saturated rings. The SMILES string of the molecule is COC(=O)CCC1=C(C)C2=NC1=CC1=C(O)C(C)(CCC(=O)OC)C(=CC3=NC(=CC4=NC(=C2)C(C)=C4C)C(C)=C3C)N1. The van der Waals surface area contributed by atoms with Gasteiger partial charge in [-0.2, -0.15) is 0 Å². The van der Waals surface area contributed by atoms with E-state index in [0.717, 1.165) is 62.0 Å². The van der Waals surface area contributed by atoms with Crippen molar-refractivity contribution in [1.82, 2.24) is 5.32 Å². The first-order valence-electron chi connectivity index (χ1n) is 14.4. The van der Waals surface area contributed by atoms with Gasteiger partial charge >= 0.3 is 11.9 Å². The highest BCUT2D eigenvalue weighted by molar-refractivity contribution is 6.17. The normalized spacial score (nSPS) is 23.0. The lowest BCUT2D eigenvalue weighted by Crippen LogP contribution is -2.24. The van der Waals surface area contributed by atoms with Gasteiger partial charge in [0.15, 0.2) is 0 Å². The summed E-state index contributed by atoms with van der Waals surface area (Å²) in [5, 5.41) is 15.1. The molecule has 5 aliphatic rings. The van der Waals surface area contributed by atoms with E-state index in [2.05, 4.69) is 19.2 Å². The van der Waals surface area contributed by atoms with Crippen LogP contribution in [0.25, 0.3) is 0 Å². The highest BCUT2D eigenvalue weighted by Gasteiger charge is 2.42. The van der Waals surface area contributed by atoms with E-state index in [4.69, 9.17) is 24.5 Å². The number of carbonyl (C=O) groups excluding carboxylic acids is 2. The van der Waals surface area contributed by atoms with Crippen molar-refractivity contribution in [2.24, 2.45) is 20.4 Å². The smallest absolute Gasteiger partial charge is 0.305 e. The van der Waals surface area contributed by atoms with Crippen molar-refractivity contribution < 1.29 is 24.2 Å². The van der Waals surface area contributed by atoms with E-state index in [-0.39, 0.29) is 30.5 Å². The van der Waals surface area contributed by atoms with Crippen molar-refractivity contribution in [2.75, 3.05) is 14.2 Å². The second-order valence-electron chi connectivity index (χ2n) is 11.6. The van der Waals surface area contributed by atoms with Crippen molar-refractivity contribution in [2.45, 2.75) is 67.2 Å². The molecule has 5 aliphatic heterocycles. The van der Waals surface area contributed by atoms with Crippen LogP contribution < -0.4 is 5.32 Å². The lowest BCUT2D eigenvalue weighted by atomic mass is 9.81. The molecule has 0 aromatic carbocycles. The molecule has 5 rings (SSSR count). The molecule has 224 valence electrons. The van der Waals surface area contributed by atoms with Gasteiger partial charge in [0.1, 0.15) is 5.76 Å². The monoisotopic (exact) mass is 582 g/mol. The molecule has 1 unspecified atom stereocenters. The number of methoxy groups -OCH3 is 2. The fourth-order valence-electron chi connectivity index (χ4n) is 5.76. The van der Waals surface area contributed by atoms with Crippen LogP contribution in [0, 0.1) is 5.41 Å². The summed E-state index contributed by atoms with van der Waals surface area (Å²) in [6.07, 6.45) is 8.81. The third-order valence-corrected chi connectivity index (χ3v) is 9.14. The second kappa shape index (κ2) is 11.3. The Hall–Kier alpha value is -4.53. The third kappa shape index (κ3) is 5.28. The summed E-state index contributed by atoms with van der Waals surface area (Å²) in [5.74, 6) is -0.572. The molecule has 0 aliphatic carbocycles. The van der Waals surface area contributed by atoms with Crippen molar-refractivity contribution in [3.63, 3.8) is 0 Å². The zero-order valence-electron chi connectivity index (χ0n) is 26.1. The Morgan fingerprint density at radius 2 is 1.26 bits per heavy atom. The summed E-state index contributed by atoms with van der Waals surface area (Å²) in [5.41, 5.74) is 11.0. The molecule has 9 nitrogen and oxygen atoms in total. The number of nitrogens with one attached hydrogen (secondary N) is 1. The number of hydrogen-bond acceptors (Lipinski definition) is 9. The first-order chi connectivity index (χ1) is 20.4. The Morgan fingerprint density at radius 1 is 0.744 bits per heavy atom. The van der Waals surface area contributed by atoms with Crippen LogP contribution in [-0.2, 0) is 19.1 Å². The lowest BCUT2D eigenvalue weighted by Gasteiger charge is -2.25. The van der Waals surface area contributed by atoms with Gasteiger partial charge < -0.3 is 19.9 Å². The largest absolute Gasteiger partial charge is 0.509 e. The minimum absolute atomic E-state index is 0.0955. The zero-order valence-corrected chi connectivity index (χ0v) is 26.1. The van der Waals surface area contributed by atoms with Gasteiger partial charge in [0.05, 0.1) is 59.6 Å². The Labute approximate surface area is 252 Å². The number of hydrogen-bond donors (Lipinski definition) is 2. The molecule has 1 atom stereocenters. The first kappa shape index (κ1) is 29.9. The van der Waals surface area contributed by atoms with E-state index in [0.29, 0.717) is 29.9 Å². The molecular formula is C34H38N4O5. The molecule has 0 saturated carbocycles. The Bertz CT molecular complexity index is 1700. The van der Waals surface area contributed by atoms with Crippen LogP contribution in [0.1, 0.15) is 67.2 Å². The molecule has 0 aromatic rings. The maximum absolute atomic E-state index is 12.2. The first-order valence-corrected chi connectivity index (χ1v) is 14.4. The number of ether oxygens (including phenoxy) is 2. The van der Waals surface area contributed by atoms with Gasteiger partial charge in [-0.3, -0.25) is 9.59 Å². The number of aliphatic hydroxyl groups is 1. The molecule has 5 heterocycles. The number of nitrogens with zero attached hydrogens (tertiary/aromatic N) is 3. The van der Waals surface area contributed by atoms with Crippen molar-refractivity contribution in [3.05, 3.63) is 92.0 Å². The van der Waals surface area contributed by atoms with Crippen LogP contribution in [0.4, 0.5) is 0 Å². The summed E-state index contributed by atoms with van der Waals surface area (Å²) in [6, 6.07) is 0. The molecule has 0 radical (unpaired) electrons. The average Bonchev–Trinajstić information content (AvgIpc) is 3.61. The highest BCUT2D eigenvalue weighted by Crippen LogP contribution is 2.45. The zero-order chi connectivity index (χ0) is 31.2. The number of carbonyl (C=O) groups is 2. The average molecular weight is 583 g/mol. The number of aliphatic hydroxyl groups excluding tert-OH is 1. The van der Waals surface area contributed by atoms with Crippen LogP contribution in [0.15, 0.2) is 107 Å². The van der Waals surface area contributed by atoms with E-state index in [9.17, 15) is 14.7 Å². The molecule has 9 heteroatoms. The quantitative estimate of drug-likeness (QED) is 0.361. The molecule has 43 heavy (non-hydrogen) atoms. The number of aliphatic imine (C=N–C) groups is 3. The van der Waals surface area contributed by atoms with E-state index < -0.39 is 5.41 Å². The number of allylic oxidation sites excluding steroid dienone is 10. The van der Waals surface area contributed by atoms with Gasteiger partial charge in [0.2, 0.25) is 0 Å². The van der Waals surface area contributed by atoms with Crippen LogP contribution in [0.5, 0.6) is 0 Å². The van der Waals surface area contributed by atoms with Gasteiger partial charge in [-0.05, 0) is 112 Å². The van der Waals surface area contributed by atoms with Gasteiger partial charge in [0, 0.05) is 18.5 Å². The summed E-state index contributed by atoms with van der Waals surface area (Å²) < 4.78 is 9.81. The Balaban J connectivity index is 1.73. The summed E-state index contributed by atoms with van der Waals surface area (Å²) in [7, 11) is 2.73. The predicted molar refractivity (Wildman–Crippen MR) is 167 cm³/mol. The van der Waals surface area contributed by atoms with E-state index >= 15 is 0 Å². The molecule has 8 bridgehead atoms. The topological polar surface area (TPSA) is 122 Å². The maximum Gasteiger partial charge on any atom is 0.305 e. The van der Waals surface area contributed by atoms with Crippen molar-refractivity contribution >= 4 is 29.1 Å². The summed E-state index contributed by atoms with van der Waals surface area (Å²) in [4.78, 5) is 39.2. The number of fused-ring (bicyclic) bond motifs is 5. The van der Waals surface area contributed by atoms with Gasteiger partial charge in [-0.25, -0.2) is 15.0 Å². The fraction of sp³-hybridized carbons (Fsp3) is 0.382. The minimum atomic E-state index is -0.907. The van der Waals surface area contributed by atoms with Crippen LogP contribution >= 0.6 is 0 Å². The Kier molecular flexibility index (Phi) is 7.86. The molecule has 0 saturated heterocycles. The summed E-state index contributed by atoms with van der Waals surface area (Å²) in [6.45, 7) is 12.1. The van der Waals surface area contributed by atoms with Crippen molar-refractivity contribution in [1.29, 1.82) is 0 Å². The van der Waals surface area contributed by atoms with Crippen LogP contribution in [-0.4, -0.2) is 48.4 Å². The second-order valence-corrected chi connectivity index (χ2v) is 11.6. The number of esters is 2. The molecule has 0 spiro atoms. The lowest BCUT2D eigenvalue weighted by molar-refractivity contribution is -0.141. The number of rotatable bonds is 6. The molecule has 0 amide bonds. The van der Waals surface area contributed by atoms with E-state index in [1.54, 1.807) is 0 Å². The Morgan fingerprint density at radius 3 is 1.84 bits per heavy atom. The van der Waals surface area contributed by atoms with Gasteiger partial charge in [-0.15, -0.1) is 0 Å². The van der Waals surface area contributed by atoms with Crippen LogP contribution in [0.3, 0.4) is 0 Å². The van der Waals surface area contributed by atoms with Crippen molar-refractivity contribution in [3.8, 4) is 0 Å². The maximum atomic E-state index is 12.2. The molecule has 0 aromatic heterocycles. The van der Waals surface area contributed by atoms with E-state index in [1.807, 2.05) is 52.0 Å². The van der Waals surface area contributed by atoms with E-state index in [1.165, 1.54) is 14.2 Å². The fourth-order valence-corrected chi connectivity index (χ4v) is 5.76. The van der Waals surface area contributed by atoms with Gasteiger partial charge in [-0.1, -0.05) is 0 Å². The predicted octanol–water partition coefficient (Wildman–Crippen LogP) is 6.17. The van der Waals surface area contributed by atoms with Gasteiger partial charge in [0.25, 0.3) is 0 Å².